The second kappa shape index (κ2) is 6.13. The third-order valence-electron chi connectivity index (χ3n) is 4.64. The predicted molar refractivity (Wildman–Crippen MR) is 96.3 cm³/mol. The molecule has 0 aliphatic heterocycles. The summed E-state index contributed by atoms with van der Waals surface area (Å²) >= 11 is 0. The Kier molecular flexibility index (Phi) is 3.88. The summed E-state index contributed by atoms with van der Waals surface area (Å²) in [6, 6.07) is 11.1. The summed E-state index contributed by atoms with van der Waals surface area (Å²) < 4.78 is 19.0. The van der Waals surface area contributed by atoms with E-state index in [0.717, 1.165) is 11.8 Å². The molecule has 3 aromatic rings. The molecule has 5 nitrogen and oxygen atoms in total. The van der Waals surface area contributed by atoms with Gasteiger partial charge in [0.2, 0.25) is 0 Å². The second-order valence-corrected chi connectivity index (χ2v) is 7.55. The first-order valence-electron chi connectivity index (χ1n) is 8.56. The van der Waals surface area contributed by atoms with E-state index in [9.17, 15) is 9.18 Å². The number of rotatable bonds is 2. The van der Waals surface area contributed by atoms with Gasteiger partial charge in [-0.3, -0.25) is 9.78 Å². The topological polar surface area (TPSA) is 79.8 Å². The molecule has 0 fully saturated rings. The molecule has 0 spiro atoms. The molecule has 0 unspecified atom stereocenters. The summed E-state index contributed by atoms with van der Waals surface area (Å²) in [4.78, 5) is 16.9. The van der Waals surface area contributed by atoms with Gasteiger partial charge in [-0.05, 0) is 42.2 Å². The SMILES string of the molecule is CC1(C)CC(=O)c2ccc(-c3cc(-c4cc(F)cc(C#N)c4)on3)nc2C1. The van der Waals surface area contributed by atoms with Crippen LogP contribution in [-0.2, 0) is 6.42 Å². The molecule has 6 heteroatoms. The highest BCUT2D eigenvalue weighted by Crippen LogP contribution is 2.35. The molecule has 0 saturated heterocycles. The van der Waals surface area contributed by atoms with E-state index in [2.05, 4.69) is 10.1 Å². The van der Waals surface area contributed by atoms with Crippen molar-refractivity contribution in [2.75, 3.05) is 0 Å². The van der Waals surface area contributed by atoms with Crippen molar-refractivity contribution in [1.82, 2.24) is 10.1 Å². The van der Waals surface area contributed by atoms with E-state index < -0.39 is 5.82 Å². The molecule has 134 valence electrons. The number of fused-ring (bicyclic) bond motifs is 1. The molecule has 2 heterocycles. The average Bonchev–Trinajstić information content (AvgIpc) is 3.09. The van der Waals surface area contributed by atoms with Gasteiger partial charge in [0.05, 0.1) is 23.0 Å². The Balaban J connectivity index is 1.72. The predicted octanol–water partition coefficient (Wildman–Crippen LogP) is 4.57. The van der Waals surface area contributed by atoms with Crippen molar-refractivity contribution in [3.63, 3.8) is 0 Å². The molecule has 0 amide bonds. The first kappa shape index (κ1) is 17.1. The number of nitriles is 1. The van der Waals surface area contributed by atoms with Gasteiger partial charge in [-0.2, -0.15) is 5.26 Å². The van der Waals surface area contributed by atoms with Crippen LogP contribution < -0.4 is 0 Å². The molecule has 0 radical (unpaired) electrons. The Morgan fingerprint density at radius 3 is 2.74 bits per heavy atom. The van der Waals surface area contributed by atoms with E-state index in [-0.39, 0.29) is 16.8 Å². The van der Waals surface area contributed by atoms with E-state index in [4.69, 9.17) is 9.78 Å². The Morgan fingerprint density at radius 2 is 1.96 bits per heavy atom. The lowest BCUT2D eigenvalue weighted by Gasteiger charge is -2.29. The minimum Gasteiger partial charge on any atom is -0.356 e. The van der Waals surface area contributed by atoms with Gasteiger partial charge in [-0.25, -0.2) is 4.39 Å². The third-order valence-corrected chi connectivity index (χ3v) is 4.64. The molecule has 1 aliphatic rings. The molecule has 4 rings (SSSR count). The summed E-state index contributed by atoms with van der Waals surface area (Å²) in [6.07, 6.45) is 1.22. The average molecular weight is 361 g/mol. The number of halogens is 1. The molecule has 0 N–H and O–H groups in total. The van der Waals surface area contributed by atoms with Crippen LogP contribution in [0.1, 0.15) is 41.9 Å². The largest absolute Gasteiger partial charge is 0.356 e. The van der Waals surface area contributed by atoms with E-state index >= 15 is 0 Å². The zero-order chi connectivity index (χ0) is 19.2. The Hall–Kier alpha value is -3.33. The number of carbonyl (C=O) groups excluding carboxylic acids is 1. The van der Waals surface area contributed by atoms with Crippen LogP contribution in [-0.4, -0.2) is 15.9 Å². The number of pyridine rings is 1. The zero-order valence-electron chi connectivity index (χ0n) is 14.9. The maximum atomic E-state index is 13.7. The highest BCUT2D eigenvalue weighted by Gasteiger charge is 2.32. The number of hydrogen-bond donors (Lipinski definition) is 0. The van der Waals surface area contributed by atoms with Crippen LogP contribution in [0.25, 0.3) is 22.7 Å². The van der Waals surface area contributed by atoms with Crippen molar-refractivity contribution >= 4 is 5.78 Å². The minimum absolute atomic E-state index is 0.102. The minimum atomic E-state index is -0.519. The molecule has 0 atom stereocenters. The second-order valence-electron chi connectivity index (χ2n) is 7.55. The molecule has 27 heavy (non-hydrogen) atoms. The summed E-state index contributed by atoms with van der Waals surface area (Å²) in [6.45, 7) is 4.10. The summed E-state index contributed by atoms with van der Waals surface area (Å²) in [7, 11) is 0. The van der Waals surface area contributed by atoms with E-state index in [1.165, 1.54) is 12.1 Å². The molecular formula is C21H16FN3O2. The van der Waals surface area contributed by atoms with Gasteiger partial charge >= 0.3 is 0 Å². The maximum Gasteiger partial charge on any atom is 0.167 e. The molecular weight excluding hydrogens is 345 g/mol. The quantitative estimate of drug-likeness (QED) is 0.668. The molecule has 0 saturated carbocycles. The molecule has 0 bridgehead atoms. The summed E-state index contributed by atoms with van der Waals surface area (Å²) in [5.74, 6) is -0.0727. The molecule has 2 aromatic heterocycles. The van der Waals surface area contributed by atoms with Crippen LogP contribution in [0.15, 0.2) is 40.9 Å². The highest BCUT2D eigenvalue weighted by atomic mass is 19.1. The Labute approximate surface area is 155 Å². The number of hydrogen-bond acceptors (Lipinski definition) is 5. The molecule has 1 aromatic carbocycles. The lowest BCUT2D eigenvalue weighted by atomic mass is 9.75. The number of carbonyl (C=O) groups is 1. The lowest BCUT2D eigenvalue weighted by molar-refractivity contribution is 0.0910. The van der Waals surface area contributed by atoms with E-state index in [0.29, 0.717) is 41.1 Å². The molecule has 1 aliphatic carbocycles. The number of benzene rings is 1. The fourth-order valence-electron chi connectivity index (χ4n) is 3.41. The normalized spacial score (nSPS) is 15.3. The summed E-state index contributed by atoms with van der Waals surface area (Å²) in [5.41, 5.74) is 3.01. The zero-order valence-corrected chi connectivity index (χ0v) is 14.9. The van der Waals surface area contributed by atoms with Crippen molar-refractivity contribution in [2.45, 2.75) is 26.7 Å². The van der Waals surface area contributed by atoms with Crippen molar-refractivity contribution in [2.24, 2.45) is 5.41 Å². The number of aromatic nitrogens is 2. The van der Waals surface area contributed by atoms with Gasteiger partial charge < -0.3 is 4.52 Å². The Morgan fingerprint density at radius 1 is 1.15 bits per heavy atom. The first-order chi connectivity index (χ1) is 12.8. The van der Waals surface area contributed by atoms with Gasteiger partial charge in [0.1, 0.15) is 11.5 Å². The number of nitrogens with zero attached hydrogens (tertiary/aromatic N) is 3. The van der Waals surface area contributed by atoms with Crippen LogP contribution in [0.2, 0.25) is 0 Å². The monoisotopic (exact) mass is 361 g/mol. The van der Waals surface area contributed by atoms with Crippen LogP contribution in [0.5, 0.6) is 0 Å². The van der Waals surface area contributed by atoms with E-state index in [1.54, 1.807) is 18.2 Å². The van der Waals surface area contributed by atoms with Crippen LogP contribution >= 0.6 is 0 Å². The fourth-order valence-corrected chi connectivity index (χ4v) is 3.41. The van der Waals surface area contributed by atoms with Crippen LogP contribution in [0, 0.1) is 22.6 Å². The van der Waals surface area contributed by atoms with Gasteiger partial charge in [0.25, 0.3) is 0 Å². The fraction of sp³-hybridized carbons (Fsp3) is 0.238. The van der Waals surface area contributed by atoms with Crippen LogP contribution in [0.3, 0.4) is 0 Å². The third kappa shape index (κ3) is 3.24. The lowest BCUT2D eigenvalue weighted by Crippen LogP contribution is -2.27. The van der Waals surface area contributed by atoms with Gasteiger partial charge in [0, 0.05) is 23.6 Å². The standard InChI is InChI=1S/C21H16FN3O2/c1-21(2)9-18-15(19(26)10-21)3-4-16(24-18)17-8-20(27-25-17)13-5-12(11-23)6-14(22)7-13/h3-8H,9-10H2,1-2H3. The highest BCUT2D eigenvalue weighted by molar-refractivity contribution is 5.98. The Bertz CT molecular complexity index is 1110. The van der Waals surface area contributed by atoms with Gasteiger partial charge in [0.15, 0.2) is 11.5 Å². The summed E-state index contributed by atoms with van der Waals surface area (Å²) in [5, 5.41) is 13.0. The maximum absolute atomic E-state index is 13.7. The number of ketones is 1. The van der Waals surface area contributed by atoms with Gasteiger partial charge in [-0.15, -0.1) is 0 Å². The van der Waals surface area contributed by atoms with E-state index in [1.807, 2.05) is 19.9 Å². The van der Waals surface area contributed by atoms with Gasteiger partial charge in [-0.1, -0.05) is 19.0 Å². The van der Waals surface area contributed by atoms with Crippen LogP contribution in [0.4, 0.5) is 4.39 Å². The van der Waals surface area contributed by atoms with Crippen molar-refractivity contribution in [1.29, 1.82) is 5.26 Å². The van der Waals surface area contributed by atoms with Crippen molar-refractivity contribution in [3.05, 3.63) is 59.0 Å². The number of Topliss-reactive ketones (excluding diaryl/α,β-unsaturated/α-hetero) is 1. The smallest absolute Gasteiger partial charge is 0.167 e. The van der Waals surface area contributed by atoms with Crippen molar-refractivity contribution in [3.8, 4) is 28.8 Å². The first-order valence-corrected chi connectivity index (χ1v) is 8.56. The van der Waals surface area contributed by atoms with Crippen molar-refractivity contribution < 1.29 is 13.7 Å².